The van der Waals surface area contributed by atoms with Crippen molar-refractivity contribution in [3.8, 4) is 5.82 Å². The van der Waals surface area contributed by atoms with Crippen molar-refractivity contribution in [2.45, 2.75) is 26.2 Å². The standard InChI is InChI=1S/C13H15ClN4O2/c1-13(2,3)11-9(14)10(12(19)20-4)17-18(11)8-6-5-7-15-16-8/h5-7H,1-4H3. The minimum Gasteiger partial charge on any atom is -0.464 e. The maximum atomic E-state index is 11.7. The second kappa shape index (κ2) is 5.20. The van der Waals surface area contributed by atoms with Crippen LogP contribution in [0, 0.1) is 0 Å². The van der Waals surface area contributed by atoms with Gasteiger partial charge < -0.3 is 4.74 Å². The largest absolute Gasteiger partial charge is 0.464 e. The Bertz CT molecular complexity index is 632. The lowest BCUT2D eigenvalue weighted by atomic mass is 9.91. The molecule has 2 heterocycles. The number of nitrogens with zero attached hydrogens (tertiary/aromatic N) is 4. The summed E-state index contributed by atoms with van der Waals surface area (Å²) in [5.41, 5.74) is 0.429. The van der Waals surface area contributed by atoms with Crippen LogP contribution in [-0.4, -0.2) is 33.1 Å². The van der Waals surface area contributed by atoms with Crippen molar-refractivity contribution in [2.24, 2.45) is 0 Å². The molecule has 2 aromatic heterocycles. The third kappa shape index (κ3) is 2.51. The lowest BCUT2D eigenvalue weighted by Crippen LogP contribution is -2.18. The molecule has 0 aliphatic heterocycles. The van der Waals surface area contributed by atoms with E-state index < -0.39 is 5.97 Å². The van der Waals surface area contributed by atoms with Crippen molar-refractivity contribution < 1.29 is 9.53 Å². The van der Waals surface area contributed by atoms with Crippen molar-refractivity contribution in [2.75, 3.05) is 7.11 Å². The maximum Gasteiger partial charge on any atom is 0.360 e. The minimum absolute atomic E-state index is 0.0738. The first kappa shape index (κ1) is 14.5. The van der Waals surface area contributed by atoms with E-state index >= 15 is 0 Å². The van der Waals surface area contributed by atoms with Crippen LogP contribution in [0.25, 0.3) is 5.82 Å². The van der Waals surface area contributed by atoms with Crippen LogP contribution in [0.4, 0.5) is 0 Å². The number of hydrogen-bond donors (Lipinski definition) is 0. The first-order valence-corrected chi connectivity index (χ1v) is 6.39. The number of methoxy groups -OCH3 is 1. The average molecular weight is 295 g/mol. The molecule has 20 heavy (non-hydrogen) atoms. The lowest BCUT2D eigenvalue weighted by Gasteiger charge is -2.20. The number of rotatable bonds is 2. The predicted molar refractivity (Wildman–Crippen MR) is 74.2 cm³/mol. The molecule has 0 unspecified atom stereocenters. The number of hydrogen-bond acceptors (Lipinski definition) is 5. The van der Waals surface area contributed by atoms with Crippen LogP contribution in [-0.2, 0) is 10.2 Å². The number of halogens is 1. The van der Waals surface area contributed by atoms with E-state index in [-0.39, 0.29) is 16.1 Å². The van der Waals surface area contributed by atoms with Crippen molar-refractivity contribution in [3.05, 3.63) is 34.7 Å². The summed E-state index contributed by atoms with van der Waals surface area (Å²) in [4.78, 5) is 11.7. The zero-order valence-corrected chi connectivity index (χ0v) is 12.5. The molecule has 0 spiro atoms. The Morgan fingerprint density at radius 2 is 2.10 bits per heavy atom. The smallest absolute Gasteiger partial charge is 0.360 e. The van der Waals surface area contributed by atoms with Gasteiger partial charge in [0.1, 0.15) is 0 Å². The van der Waals surface area contributed by atoms with Crippen LogP contribution in [0.3, 0.4) is 0 Å². The summed E-state index contributed by atoms with van der Waals surface area (Å²) in [6, 6.07) is 3.48. The van der Waals surface area contributed by atoms with Gasteiger partial charge in [0.05, 0.1) is 17.8 Å². The number of aromatic nitrogens is 4. The molecule has 6 nitrogen and oxygen atoms in total. The Balaban J connectivity index is 2.71. The van der Waals surface area contributed by atoms with Gasteiger partial charge in [-0.3, -0.25) is 0 Å². The SMILES string of the molecule is COC(=O)c1nn(-c2cccnn2)c(C(C)(C)C)c1Cl. The van der Waals surface area contributed by atoms with E-state index in [1.165, 1.54) is 11.8 Å². The monoisotopic (exact) mass is 294 g/mol. The quantitative estimate of drug-likeness (QED) is 0.796. The molecule has 2 rings (SSSR count). The van der Waals surface area contributed by atoms with Crippen LogP contribution in [0.5, 0.6) is 0 Å². The van der Waals surface area contributed by atoms with Crippen molar-refractivity contribution in [1.82, 2.24) is 20.0 Å². The molecule has 0 aliphatic carbocycles. The van der Waals surface area contributed by atoms with Gasteiger partial charge in [0.25, 0.3) is 0 Å². The van der Waals surface area contributed by atoms with Gasteiger partial charge in [-0.05, 0) is 12.1 Å². The molecule has 7 heteroatoms. The third-order valence-electron chi connectivity index (χ3n) is 2.69. The summed E-state index contributed by atoms with van der Waals surface area (Å²) in [5.74, 6) is -0.0855. The first-order chi connectivity index (χ1) is 9.36. The Morgan fingerprint density at radius 1 is 1.40 bits per heavy atom. The van der Waals surface area contributed by atoms with Crippen molar-refractivity contribution in [3.63, 3.8) is 0 Å². The number of carbonyl (C=O) groups is 1. The van der Waals surface area contributed by atoms with Gasteiger partial charge in [-0.1, -0.05) is 32.4 Å². The third-order valence-corrected chi connectivity index (χ3v) is 3.05. The maximum absolute atomic E-state index is 11.7. The molecule has 106 valence electrons. The summed E-state index contributed by atoms with van der Waals surface area (Å²) in [6.45, 7) is 5.93. The van der Waals surface area contributed by atoms with Gasteiger partial charge in [0, 0.05) is 11.6 Å². The molecule has 0 radical (unpaired) electrons. The van der Waals surface area contributed by atoms with Crippen LogP contribution >= 0.6 is 11.6 Å². The second-order valence-electron chi connectivity index (χ2n) is 5.25. The number of esters is 1. The Morgan fingerprint density at radius 3 is 2.60 bits per heavy atom. The van der Waals surface area contributed by atoms with Crippen LogP contribution < -0.4 is 0 Å². The predicted octanol–water partition coefficient (Wildman–Crippen LogP) is 2.40. The van der Waals surface area contributed by atoms with Crippen LogP contribution in [0.15, 0.2) is 18.3 Å². The molecule has 2 aromatic rings. The molecule has 0 aliphatic rings. The molecular weight excluding hydrogens is 280 g/mol. The van der Waals surface area contributed by atoms with E-state index in [9.17, 15) is 4.79 Å². The minimum atomic E-state index is -0.580. The van der Waals surface area contributed by atoms with Crippen LogP contribution in [0.2, 0.25) is 5.02 Å². The number of carbonyl (C=O) groups excluding carboxylic acids is 1. The average Bonchev–Trinajstić information content (AvgIpc) is 2.76. The van der Waals surface area contributed by atoms with E-state index in [1.807, 2.05) is 20.8 Å². The van der Waals surface area contributed by atoms with Gasteiger partial charge in [0.15, 0.2) is 11.5 Å². The summed E-state index contributed by atoms with van der Waals surface area (Å²) >= 11 is 6.31. The van der Waals surface area contributed by atoms with Gasteiger partial charge in [-0.15, -0.1) is 5.10 Å². The van der Waals surface area contributed by atoms with Crippen LogP contribution in [0.1, 0.15) is 37.0 Å². The molecule has 0 atom stereocenters. The normalized spacial score (nSPS) is 11.4. The highest BCUT2D eigenvalue weighted by molar-refractivity contribution is 6.34. The van der Waals surface area contributed by atoms with Crippen molar-refractivity contribution >= 4 is 17.6 Å². The highest BCUT2D eigenvalue weighted by Crippen LogP contribution is 2.33. The second-order valence-corrected chi connectivity index (χ2v) is 5.62. The summed E-state index contributed by atoms with van der Waals surface area (Å²) in [6.07, 6.45) is 1.56. The summed E-state index contributed by atoms with van der Waals surface area (Å²) in [5, 5.41) is 12.3. The summed E-state index contributed by atoms with van der Waals surface area (Å²) in [7, 11) is 1.29. The topological polar surface area (TPSA) is 69.9 Å². The number of ether oxygens (including phenoxy) is 1. The zero-order valence-electron chi connectivity index (χ0n) is 11.7. The van der Waals surface area contributed by atoms with E-state index in [0.29, 0.717) is 11.5 Å². The lowest BCUT2D eigenvalue weighted by molar-refractivity contribution is 0.0593. The van der Waals surface area contributed by atoms with Gasteiger partial charge >= 0.3 is 5.97 Å². The molecule has 0 bridgehead atoms. The van der Waals surface area contributed by atoms with Gasteiger partial charge in [0.2, 0.25) is 0 Å². The molecule has 0 saturated carbocycles. The molecule has 0 fully saturated rings. The molecule has 0 N–H and O–H groups in total. The highest BCUT2D eigenvalue weighted by atomic mass is 35.5. The van der Waals surface area contributed by atoms with Gasteiger partial charge in [-0.25, -0.2) is 9.48 Å². The Hall–Kier alpha value is -1.95. The zero-order chi connectivity index (χ0) is 14.9. The molecule has 0 aromatic carbocycles. The highest BCUT2D eigenvalue weighted by Gasteiger charge is 2.30. The van der Waals surface area contributed by atoms with Crippen molar-refractivity contribution in [1.29, 1.82) is 0 Å². The van der Waals surface area contributed by atoms with Gasteiger partial charge in [-0.2, -0.15) is 10.2 Å². The van der Waals surface area contributed by atoms with E-state index in [1.54, 1.807) is 18.3 Å². The summed E-state index contributed by atoms with van der Waals surface area (Å²) < 4.78 is 6.23. The fourth-order valence-corrected chi connectivity index (χ4v) is 2.32. The molecule has 0 amide bonds. The fraction of sp³-hybridized carbons (Fsp3) is 0.385. The van der Waals surface area contributed by atoms with E-state index in [2.05, 4.69) is 15.3 Å². The first-order valence-electron chi connectivity index (χ1n) is 6.01. The van der Waals surface area contributed by atoms with E-state index in [0.717, 1.165) is 0 Å². The molecular formula is C13H15ClN4O2. The fourth-order valence-electron chi connectivity index (χ4n) is 1.85. The van der Waals surface area contributed by atoms with E-state index in [4.69, 9.17) is 16.3 Å². The Labute approximate surface area is 121 Å². The molecule has 0 saturated heterocycles. The Kier molecular flexibility index (Phi) is 3.76.